The maximum absolute atomic E-state index is 11.9. The van der Waals surface area contributed by atoms with Crippen molar-refractivity contribution in [3.63, 3.8) is 0 Å². The van der Waals surface area contributed by atoms with Gasteiger partial charge in [-0.25, -0.2) is 0 Å². The van der Waals surface area contributed by atoms with Crippen LogP contribution in [-0.2, 0) is 4.79 Å². The third-order valence-electron chi connectivity index (χ3n) is 3.00. The molecule has 4 nitrogen and oxygen atoms in total. The number of amides is 1. The molecule has 1 aromatic heterocycles. The topological polar surface area (TPSA) is 66.4 Å². The van der Waals surface area contributed by atoms with E-state index in [1.807, 2.05) is 24.4 Å². The number of aliphatic carboxylic acids is 1. The lowest BCUT2D eigenvalue weighted by atomic mass is 9.98. The third-order valence-corrected chi connectivity index (χ3v) is 3.68. The van der Waals surface area contributed by atoms with E-state index in [9.17, 15) is 9.59 Å². The van der Waals surface area contributed by atoms with Gasteiger partial charge in [0, 0.05) is 11.1 Å². The van der Waals surface area contributed by atoms with Crippen LogP contribution in [0.25, 0.3) is 0 Å². The summed E-state index contributed by atoms with van der Waals surface area (Å²) in [5.74, 6) is -1.00. The van der Waals surface area contributed by atoms with Gasteiger partial charge in [0.15, 0.2) is 0 Å². The fourth-order valence-electron chi connectivity index (χ4n) is 1.87. The van der Waals surface area contributed by atoms with Crippen LogP contribution in [0.5, 0.6) is 0 Å². The molecule has 0 aliphatic rings. The Hall–Kier alpha value is -2.14. The molecular formula is C15H15NO3S. The number of thiophene rings is 1. The van der Waals surface area contributed by atoms with Gasteiger partial charge < -0.3 is 10.4 Å². The van der Waals surface area contributed by atoms with Crippen molar-refractivity contribution in [1.29, 1.82) is 0 Å². The average Bonchev–Trinajstić information content (AvgIpc) is 2.92. The molecule has 1 aromatic carbocycles. The normalized spacial score (nSPS) is 11.8. The van der Waals surface area contributed by atoms with Crippen LogP contribution < -0.4 is 5.32 Å². The lowest BCUT2D eigenvalue weighted by Crippen LogP contribution is -2.10. The first-order valence-corrected chi connectivity index (χ1v) is 7.16. The van der Waals surface area contributed by atoms with Crippen molar-refractivity contribution < 1.29 is 14.7 Å². The SMILES string of the molecule is CC(CC(=O)O)c1ccc(NC(=O)c2ccsc2)cc1. The summed E-state index contributed by atoms with van der Waals surface area (Å²) in [6.07, 6.45) is 0.0978. The Balaban J connectivity index is 2.01. The monoisotopic (exact) mass is 289 g/mol. The van der Waals surface area contributed by atoms with E-state index in [0.717, 1.165) is 5.56 Å². The second kappa shape index (κ2) is 6.34. The molecule has 104 valence electrons. The Morgan fingerprint density at radius 3 is 2.50 bits per heavy atom. The predicted molar refractivity (Wildman–Crippen MR) is 79.4 cm³/mol. The number of benzene rings is 1. The van der Waals surface area contributed by atoms with Gasteiger partial charge in [-0.05, 0) is 35.1 Å². The minimum absolute atomic E-state index is 0.0471. The van der Waals surface area contributed by atoms with Crippen LogP contribution in [0.4, 0.5) is 5.69 Å². The Labute approximate surface area is 121 Å². The molecule has 1 heterocycles. The number of carboxylic acids is 1. The first-order valence-electron chi connectivity index (χ1n) is 6.21. The first kappa shape index (κ1) is 14.3. The Kier molecular flexibility index (Phi) is 4.53. The Morgan fingerprint density at radius 1 is 1.25 bits per heavy atom. The summed E-state index contributed by atoms with van der Waals surface area (Å²) >= 11 is 1.47. The molecule has 0 fully saturated rings. The van der Waals surface area contributed by atoms with Crippen molar-refractivity contribution in [2.24, 2.45) is 0 Å². The zero-order valence-corrected chi connectivity index (χ0v) is 11.8. The molecule has 0 spiro atoms. The van der Waals surface area contributed by atoms with Crippen LogP contribution in [0.15, 0.2) is 41.1 Å². The van der Waals surface area contributed by atoms with Gasteiger partial charge in [0.05, 0.1) is 12.0 Å². The van der Waals surface area contributed by atoms with Crippen LogP contribution in [0.3, 0.4) is 0 Å². The molecule has 1 unspecified atom stereocenters. The summed E-state index contributed by atoms with van der Waals surface area (Å²) in [5, 5.41) is 15.2. The zero-order valence-electron chi connectivity index (χ0n) is 11.0. The van der Waals surface area contributed by atoms with E-state index in [4.69, 9.17) is 5.11 Å². The van der Waals surface area contributed by atoms with Crippen LogP contribution in [0.1, 0.15) is 35.2 Å². The van der Waals surface area contributed by atoms with Gasteiger partial charge >= 0.3 is 5.97 Å². The zero-order chi connectivity index (χ0) is 14.5. The predicted octanol–water partition coefficient (Wildman–Crippen LogP) is 3.58. The summed E-state index contributed by atoms with van der Waals surface area (Å²) in [5.41, 5.74) is 2.28. The lowest BCUT2D eigenvalue weighted by Gasteiger charge is -2.10. The van der Waals surface area contributed by atoms with Crippen LogP contribution in [0.2, 0.25) is 0 Å². The van der Waals surface area contributed by atoms with Crippen molar-refractivity contribution in [3.05, 3.63) is 52.2 Å². The highest BCUT2D eigenvalue weighted by molar-refractivity contribution is 7.08. The van der Waals surface area contributed by atoms with E-state index in [-0.39, 0.29) is 18.2 Å². The van der Waals surface area contributed by atoms with Gasteiger partial charge in [0.25, 0.3) is 5.91 Å². The van der Waals surface area contributed by atoms with Gasteiger partial charge in [0.2, 0.25) is 0 Å². The number of carboxylic acid groups (broad SMARTS) is 1. The smallest absolute Gasteiger partial charge is 0.303 e. The fraction of sp³-hybridized carbons (Fsp3) is 0.200. The summed E-state index contributed by atoms with van der Waals surface area (Å²) in [7, 11) is 0. The Bertz CT molecular complexity index is 590. The molecule has 0 aliphatic heterocycles. The highest BCUT2D eigenvalue weighted by Crippen LogP contribution is 2.21. The lowest BCUT2D eigenvalue weighted by molar-refractivity contribution is -0.137. The summed E-state index contributed by atoms with van der Waals surface area (Å²) in [6, 6.07) is 9.03. The second-order valence-corrected chi connectivity index (χ2v) is 5.37. The van der Waals surface area contributed by atoms with Crippen LogP contribution in [-0.4, -0.2) is 17.0 Å². The van der Waals surface area contributed by atoms with Crippen molar-refractivity contribution in [2.45, 2.75) is 19.3 Å². The molecule has 0 bridgehead atoms. The van der Waals surface area contributed by atoms with Crippen molar-refractivity contribution >= 4 is 28.9 Å². The summed E-state index contributed by atoms with van der Waals surface area (Å²) in [4.78, 5) is 22.5. The number of hydrogen-bond acceptors (Lipinski definition) is 3. The van der Waals surface area contributed by atoms with E-state index in [1.54, 1.807) is 23.6 Å². The average molecular weight is 289 g/mol. The van der Waals surface area contributed by atoms with Gasteiger partial charge in [-0.15, -0.1) is 0 Å². The molecule has 0 radical (unpaired) electrons. The van der Waals surface area contributed by atoms with Crippen LogP contribution >= 0.6 is 11.3 Å². The maximum atomic E-state index is 11.9. The van der Waals surface area contributed by atoms with E-state index in [0.29, 0.717) is 11.3 Å². The largest absolute Gasteiger partial charge is 0.481 e. The van der Waals surface area contributed by atoms with E-state index in [1.165, 1.54) is 11.3 Å². The number of rotatable bonds is 5. The van der Waals surface area contributed by atoms with E-state index in [2.05, 4.69) is 5.32 Å². The number of carbonyl (C=O) groups excluding carboxylic acids is 1. The molecule has 1 amide bonds. The molecule has 0 saturated heterocycles. The molecule has 2 aromatic rings. The van der Waals surface area contributed by atoms with Crippen molar-refractivity contribution in [1.82, 2.24) is 0 Å². The summed E-state index contributed by atoms with van der Waals surface area (Å²) in [6.45, 7) is 1.87. The van der Waals surface area contributed by atoms with Gasteiger partial charge in [-0.1, -0.05) is 19.1 Å². The van der Waals surface area contributed by atoms with Crippen molar-refractivity contribution in [3.8, 4) is 0 Å². The molecule has 20 heavy (non-hydrogen) atoms. The molecule has 2 N–H and O–H groups in total. The highest BCUT2D eigenvalue weighted by Gasteiger charge is 2.11. The summed E-state index contributed by atoms with van der Waals surface area (Å²) < 4.78 is 0. The van der Waals surface area contributed by atoms with E-state index >= 15 is 0 Å². The fourth-order valence-corrected chi connectivity index (χ4v) is 2.51. The number of hydrogen-bond donors (Lipinski definition) is 2. The van der Waals surface area contributed by atoms with E-state index < -0.39 is 5.97 Å². The molecule has 0 aliphatic carbocycles. The first-order chi connectivity index (χ1) is 9.56. The minimum Gasteiger partial charge on any atom is -0.481 e. The number of nitrogens with one attached hydrogen (secondary N) is 1. The molecule has 1 atom stereocenters. The minimum atomic E-state index is -0.813. The highest BCUT2D eigenvalue weighted by atomic mass is 32.1. The second-order valence-electron chi connectivity index (χ2n) is 4.59. The number of carbonyl (C=O) groups is 2. The third kappa shape index (κ3) is 3.68. The van der Waals surface area contributed by atoms with Gasteiger partial charge in [0.1, 0.15) is 0 Å². The molecule has 2 rings (SSSR count). The van der Waals surface area contributed by atoms with Crippen molar-refractivity contribution in [2.75, 3.05) is 5.32 Å². The van der Waals surface area contributed by atoms with Crippen LogP contribution in [0, 0.1) is 0 Å². The van der Waals surface area contributed by atoms with Gasteiger partial charge in [-0.2, -0.15) is 11.3 Å². The quantitative estimate of drug-likeness (QED) is 0.884. The van der Waals surface area contributed by atoms with Gasteiger partial charge in [-0.3, -0.25) is 9.59 Å². The Morgan fingerprint density at radius 2 is 1.95 bits per heavy atom. The maximum Gasteiger partial charge on any atom is 0.303 e. The molecular weight excluding hydrogens is 274 g/mol. The standard InChI is InChI=1S/C15H15NO3S/c1-10(8-14(17)18)11-2-4-13(5-3-11)16-15(19)12-6-7-20-9-12/h2-7,9-10H,8H2,1H3,(H,16,19)(H,17,18). The molecule has 0 saturated carbocycles. The molecule has 5 heteroatoms. The number of anilines is 1.